The smallest absolute Gasteiger partial charge is 0.274 e. The molecular formula is C17H18N4O3. The van der Waals surface area contributed by atoms with E-state index >= 15 is 0 Å². The first-order valence-corrected chi connectivity index (χ1v) is 7.70. The number of aromatic hydroxyl groups is 1. The predicted molar refractivity (Wildman–Crippen MR) is 86.7 cm³/mol. The van der Waals surface area contributed by atoms with Gasteiger partial charge in [0.25, 0.3) is 11.8 Å². The highest BCUT2D eigenvalue weighted by atomic mass is 16.3. The van der Waals surface area contributed by atoms with Crippen LogP contribution in [0.15, 0.2) is 36.8 Å². The number of hydrogen-bond donors (Lipinski definition) is 1. The monoisotopic (exact) mass is 326 g/mol. The molecule has 124 valence electrons. The standard InChI is InChI=1S/C17H18N4O3/c1-12-2-3-15(22)13(10-12)16(23)20-6-8-21(9-7-20)17(24)14-11-18-4-5-19-14/h2-5,10-11,22H,6-9H2,1H3. The average molecular weight is 326 g/mol. The summed E-state index contributed by atoms with van der Waals surface area (Å²) in [6, 6.07) is 4.95. The molecule has 7 heteroatoms. The molecule has 7 nitrogen and oxygen atoms in total. The molecule has 1 aliphatic heterocycles. The molecule has 0 aliphatic carbocycles. The van der Waals surface area contributed by atoms with Gasteiger partial charge in [-0.05, 0) is 19.1 Å². The zero-order valence-electron chi connectivity index (χ0n) is 13.3. The second-order valence-corrected chi connectivity index (χ2v) is 5.70. The summed E-state index contributed by atoms with van der Waals surface area (Å²) in [5, 5.41) is 9.90. The summed E-state index contributed by atoms with van der Waals surface area (Å²) >= 11 is 0. The molecule has 0 atom stereocenters. The van der Waals surface area contributed by atoms with E-state index < -0.39 is 0 Å². The van der Waals surface area contributed by atoms with E-state index in [4.69, 9.17) is 0 Å². The number of rotatable bonds is 2. The lowest BCUT2D eigenvalue weighted by Crippen LogP contribution is -2.50. The number of carbonyl (C=O) groups excluding carboxylic acids is 2. The summed E-state index contributed by atoms with van der Waals surface area (Å²) in [5.74, 6) is -0.430. The van der Waals surface area contributed by atoms with Crippen LogP contribution in [-0.4, -0.2) is 62.9 Å². The fourth-order valence-electron chi connectivity index (χ4n) is 2.68. The molecule has 3 rings (SSSR count). The van der Waals surface area contributed by atoms with Crippen LogP contribution >= 0.6 is 0 Å². The fraction of sp³-hybridized carbons (Fsp3) is 0.294. The highest BCUT2D eigenvalue weighted by Gasteiger charge is 2.27. The molecule has 0 unspecified atom stereocenters. The van der Waals surface area contributed by atoms with Crippen LogP contribution in [0.5, 0.6) is 5.75 Å². The van der Waals surface area contributed by atoms with Crippen molar-refractivity contribution < 1.29 is 14.7 Å². The Kier molecular flexibility index (Phi) is 4.41. The van der Waals surface area contributed by atoms with Crippen molar-refractivity contribution in [2.45, 2.75) is 6.92 Å². The lowest BCUT2D eigenvalue weighted by molar-refractivity contribution is 0.0530. The number of phenols is 1. The van der Waals surface area contributed by atoms with Gasteiger partial charge in [0.2, 0.25) is 0 Å². The van der Waals surface area contributed by atoms with Crippen LogP contribution in [0.25, 0.3) is 0 Å². The molecule has 1 aromatic carbocycles. The molecule has 2 aromatic rings. The van der Waals surface area contributed by atoms with Crippen LogP contribution in [0.2, 0.25) is 0 Å². The summed E-state index contributed by atoms with van der Waals surface area (Å²) in [6.45, 7) is 3.55. The van der Waals surface area contributed by atoms with Gasteiger partial charge in [0.15, 0.2) is 0 Å². The lowest BCUT2D eigenvalue weighted by atomic mass is 10.1. The summed E-state index contributed by atoms with van der Waals surface area (Å²) in [4.78, 5) is 36.1. The molecule has 1 N–H and O–H groups in total. The molecule has 0 radical (unpaired) electrons. The van der Waals surface area contributed by atoms with Gasteiger partial charge in [-0.15, -0.1) is 0 Å². The molecule has 2 amide bonds. The number of hydrogen-bond acceptors (Lipinski definition) is 5. The molecule has 0 saturated carbocycles. The van der Waals surface area contributed by atoms with Gasteiger partial charge in [-0.3, -0.25) is 14.6 Å². The molecule has 0 bridgehead atoms. The first-order valence-electron chi connectivity index (χ1n) is 7.70. The Morgan fingerprint density at radius 1 is 1.04 bits per heavy atom. The van der Waals surface area contributed by atoms with Gasteiger partial charge in [0.1, 0.15) is 11.4 Å². The number of phenolic OH excluding ortho intramolecular Hbond substituents is 1. The largest absolute Gasteiger partial charge is 0.507 e. The van der Waals surface area contributed by atoms with Crippen molar-refractivity contribution in [3.8, 4) is 5.75 Å². The van der Waals surface area contributed by atoms with Gasteiger partial charge in [0, 0.05) is 38.6 Å². The minimum atomic E-state index is -0.220. The zero-order chi connectivity index (χ0) is 17.1. The molecule has 1 saturated heterocycles. The Labute approximate surface area is 139 Å². The third-order valence-electron chi connectivity index (χ3n) is 4.02. The average Bonchev–Trinajstić information content (AvgIpc) is 2.63. The fourth-order valence-corrected chi connectivity index (χ4v) is 2.68. The molecular weight excluding hydrogens is 308 g/mol. The predicted octanol–water partition coefficient (Wildman–Crippen LogP) is 1.09. The van der Waals surface area contributed by atoms with Crippen molar-refractivity contribution in [1.29, 1.82) is 0 Å². The van der Waals surface area contributed by atoms with E-state index in [9.17, 15) is 14.7 Å². The van der Waals surface area contributed by atoms with E-state index in [1.165, 1.54) is 24.7 Å². The van der Waals surface area contributed by atoms with Crippen molar-refractivity contribution >= 4 is 11.8 Å². The molecule has 1 aromatic heterocycles. The maximum Gasteiger partial charge on any atom is 0.274 e. The number of aryl methyl sites for hydroxylation is 1. The SMILES string of the molecule is Cc1ccc(O)c(C(=O)N2CCN(C(=O)c3cnccn3)CC2)c1. The van der Waals surface area contributed by atoms with E-state index in [2.05, 4.69) is 9.97 Å². The number of aromatic nitrogens is 2. The maximum absolute atomic E-state index is 12.6. The van der Waals surface area contributed by atoms with Crippen molar-refractivity contribution in [2.75, 3.05) is 26.2 Å². The first kappa shape index (κ1) is 15.9. The molecule has 0 spiro atoms. The van der Waals surface area contributed by atoms with Crippen molar-refractivity contribution in [1.82, 2.24) is 19.8 Å². The van der Waals surface area contributed by atoms with E-state index in [0.29, 0.717) is 37.4 Å². The third-order valence-corrected chi connectivity index (χ3v) is 4.02. The zero-order valence-corrected chi connectivity index (χ0v) is 13.3. The Balaban J connectivity index is 1.66. The van der Waals surface area contributed by atoms with Gasteiger partial charge in [0.05, 0.1) is 11.8 Å². The summed E-state index contributed by atoms with van der Waals surface area (Å²) in [5.41, 5.74) is 1.50. The van der Waals surface area contributed by atoms with E-state index in [-0.39, 0.29) is 17.6 Å². The quantitative estimate of drug-likeness (QED) is 0.893. The van der Waals surface area contributed by atoms with Gasteiger partial charge < -0.3 is 14.9 Å². The second-order valence-electron chi connectivity index (χ2n) is 5.70. The maximum atomic E-state index is 12.6. The topological polar surface area (TPSA) is 86.6 Å². The van der Waals surface area contributed by atoms with Crippen LogP contribution in [-0.2, 0) is 0 Å². The highest BCUT2D eigenvalue weighted by molar-refractivity contribution is 5.97. The minimum absolute atomic E-state index is 0.0244. The van der Waals surface area contributed by atoms with Crippen molar-refractivity contribution in [2.24, 2.45) is 0 Å². The van der Waals surface area contributed by atoms with Crippen LogP contribution in [0.4, 0.5) is 0 Å². The van der Waals surface area contributed by atoms with Crippen LogP contribution < -0.4 is 0 Å². The number of piperazine rings is 1. The van der Waals surface area contributed by atoms with Crippen molar-refractivity contribution in [3.05, 3.63) is 53.6 Å². The number of amides is 2. The van der Waals surface area contributed by atoms with Gasteiger partial charge in [-0.25, -0.2) is 4.98 Å². The second kappa shape index (κ2) is 6.66. The molecule has 1 fully saturated rings. The highest BCUT2D eigenvalue weighted by Crippen LogP contribution is 2.21. The van der Waals surface area contributed by atoms with Crippen molar-refractivity contribution in [3.63, 3.8) is 0 Å². The lowest BCUT2D eigenvalue weighted by Gasteiger charge is -2.34. The third kappa shape index (κ3) is 3.19. The molecule has 2 heterocycles. The number of nitrogens with zero attached hydrogens (tertiary/aromatic N) is 4. The number of carbonyl (C=O) groups is 2. The number of benzene rings is 1. The van der Waals surface area contributed by atoms with Gasteiger partial charge in [-0.1, -0.05) is 11.6 Å². The Bertz CT molecular complexity index is 756. The van der Waals surface area contributed by atoms with E-state index in [0.717, 1.165) is 5.56 Å². The normalized spacial score (nSPS) is 14.5. The summed E-state index contributed by atoms with van der Waals surface area (Å²) in [7, 11) is 0. The van der Waals surface area contributed by atoms with Gasteiger partial charge in [-0.2, -0.15) is 0 Å². The minimum Gasteiger partial charge on any atom is -0.507 e. The van der Waals surface area contributed by atoms with Crippen LogP contribution in [0.1, 0.15) is 26.4 Å². The van der Waals surface area contributed by atoms with Gasteiger partial charge >= 0.3 is 0 Å². The Hall–Kier alpha value is -2.96. The van der Waals surface area contributed by atoms with E-state index in [1.54, 1.807) is 21.9 Å². The Morgan fingerprint density at radius 3 is 2.33 bits per heavy atom. The first-order chi connectivity index (χ1) is 11.6. The molecule has 1 aliphatic rings. The van der Waals surface area contributed by atoms with E-state index in [1.807, 2.05) is 6.92 Å². The summed E-state index contributed by atoms with van der Waals surface area (Å²) in [6.07, 6.45) is 4.43. The summed E-state index contributed by atoms with van der Waals surface area (Å²) < 4.78 is 0. The Morgan fingerprint density at radius 2 is 1.71 bits per heavy atom. The molecule has 24 heavy (non-hydrogen) atoms. The van der Waals surface area contributed by atoms with Crippen LogP contribution in [0, 0.1) is 6.92 Å². The van der Waals surface area contributed by atoms with Crippen LogP contribution in [0.3, 0.4) is 0 Å².